The zero-order chi connectivity index (χ0) is 7.78. The van der Waals surface area contributed by atoms with Crippen LogP contribution in [0.15, 0.2) is 0 Å². The van der Waals surface area contributed by atoms with Crippen LogP contribution in [0.2, 0.25) is 5.31 Å². The summed E-state index contributed by atoms with van der Waals surface area (Å²) in [6.45, 7) is 3.98. The molecule has 0 amide bonds. The summed E-state index contributed by atoms with van der Waals surface area (Å²) in [5.41, 5.74) is 0. The molecule has 0 aliphatic heterocycles. The number of hydrogen-bond acceptors (Lipinski definition) is 1. The average molecular weight is 138 g/mol. The first-order valence-corrected chi connectivity index (χ1v) is 3.99. The molecule has 2 atom stereocenters. The van der Waals surface area contributed by atoms with Crippen molar-refractivity contribution in [2.75, 3.05) is 0 Å². The number of aliphatic hydroxyl groups is 1. The minimum Gasteiger partial charge on any atom is -0.393 e. The molecule has 0 heterocycles. The molecule has 1 N–H and O–H groups in total. The molecule has 56 valence electrons. The molecule has 1 nitrogen and oxygen atoms in total. The first-order valence-electron chi connectivity index (χ1n) is 3.99. The zero-order valence-corrected chi connectivity index (χ0v) is 6.80. The van der Waals surface area contributed by atoms with E-state index in [0.717, 1.165) is 19.3 Å². The quantitative estimate of drug-likeness (QED) is 0.544. The maximum absolute atomic E-state index is 9.44. The maximum Gasteiger partial charge on any atom is 0.0743 e. The highest BCUT2D eigenvalue weighted by Crippen LogP contribution is 2.42. The molecule has 1 aliphatic rings. The third-order valence-corrected chi connectivity index (χ3v) is 2.44. The molecule has 1 fully saturated rings. The van der Waals surface area contributed by atoms with Gasteiger partial charge in [-0.15, -0.1) is 0 Å². The minimum absolute atomic E-state index is 0.153. The summed E-state index contributed by atoms with van der Waals surface area (Å²) in [6, 6.07) is 0. The van der Waals surface area contributed by atoms with Gasteiger partial charge in [-0.3, -0.25) is 0 Å². The highest BCUT2D eigenvalue weighted by Gasteiger charge is 2.33. The van der Waals surface area contributed by atoms with Gasteiger partial charge in [-0.2, -0.15) is 0 Å². The SMILES string of the molecule is [B]C(C)(C)C1CCCC1O. The standard InChI is InChI=1S/C8H15BO/c1-8(2,9)6-4-3-5-7(6)10/h6-7,10H,3-5H2,1-2H3. The number of aliphatic hydroxyl groups excluding tert-OH is 1. The predicted molar refractivity (Wildman–Crippen MR) is 43.1 cm³/mol. The Hall–Kier alpha value is 0.0249. The van der Waals surface area contributed by atoms with Gasteiger partial charge in [0.25, 0.3) is 0 Å². The van der Waals surface area contributed by atoms with Crippen LogP contribution in [0, 0.1) is 5.92 Å². The van der Waals surface area contributed by atoms with Gasteiger partial charge in [0.05, 0.1) is 14.0 Å². The van der Waals surface area contributed by atoms with Gasteiger partial charge in [0.1, 0.15) is 0 Å². The summed E-state index contributed by atoms with van der Waals surface area (Å²) in [5.74, 6) is 0.312. The van der Waals surface area contributed by atoms with E-state index >= 15 is 0 Å². The van der Waals surface area contributed by atoms with Crippen molar-refractivity contribution < 1.29 is 5.11 Å². The lowest BCUT2D eigenvalue weighted by molar-refractivity contribution is 0.113. The van der Waals surface area contributed by atoms with Crippen LogP contribution in [0.25, 0.3) is 0 Å². The van der Waals surface area contributed by atoms with Crippen LogP contribution < -0.4 is 0 Å². The van der Waals surface area contributed by atoms with Crippen LogP contribution in [-0.4, -0.2) is 19.1 Å². The summed E-state index contributed by atoms with van der Waals surface area (Å²) in [4.78, 5) is 0. The lowest BCUT2D eigenvalue weighted by Crippen LogP contribution is -2.24. The molecule has 2 unspecified atom stereocenters. The molecule has 1 aliphatic carbocycles. The molecule has 0 spiro atoms. The van der Waals surface area contributed by atoms with Crippen molar-refractivity contribution in [3.05, 3.63) is 0 Å². The van der Waals surface area contributed by atoms with Gasteiger partial charge in [0.2, 0.25) is 0 Å². The molecule has 0 aromatic carbocycles. The fraction of sp³-hybridized carbons (Fsp3) is 1.00. The maximum atomic E-state index is 9.44. The lowest BCUT2D eigenvalue weighted by atomic mass is 9.62. The Morgan fingerprint density at radius 2 is 2.00 bits per heavy atom. The van der Waals surface area contributed by atoms with Crippen molar-refractivity contribution in [2.24, 2.45) is 5.92 Å². The van der Waals surface area contributed by atoms with E-state index in [-0.39, 0.29) is 11.4 Å². The molecule has 1 rings (SSSR count). The Kier molecular flexibility index (Phi) is 2.09. The van der Waals surface area contributed by atoms with Crippen molar-refractivity contribution in [1.82, 2.24) is 0 Å². The van der Waals surface area contributed by atoms with Gasteiger partial charge < -0.3 is 5.11 Å². The van der Waals surface area contributed by atoms with Gasteiger partial charge in [-0.05, 0) is 18.8 Å². The van der Waals surface area contributed by atoms with Crippen LogP contribution in [0.1, 0.15) is 33.1 Å². The highest BCUT2D eigenvalue weighted by atomic mass is 16.3. The van der Waals surface area contributed by atoms with Gasteiger partial charge in [-0.25, -0.2) is 0 Å². The Labute approximate surface area is 64.2 Å². The second-order valence-electron chi connectivity index (χ2n) is 3.93. The highest BCUT2D eigenvalue weighted by molar-refractivity contribution is 6.14. The molecule has 0 aromatic heterocycles. The first kappa shape index (κ1) is 8.12. The smallest absolute Gasteiger partial charge is 0.0743 e. The fourth-order valence-electron chi connectivity index (χ4n) is 1.81. The molecule has 0 aromatic rings. The van der Waals surface area contributed by atoms with Gasteiger partial charge in [0, 0.05) is 0 Å². The topological polar surface area (TPSA) is 20.2 Å². The third kappa shape index (κ3) is 1.54. The molecular formula is C8H15BO. The van der Waals surface area contributed by atoms with Crippen molar-refractivity contribution in [3.8, 4) is 0 Å². The summed E-state index contributed by atoms with van der Waals surface area (Å²) < 4.78 is 0. The first-order chi connectivity index (χ1) is 4.52. The van der Waals surface area contributed by atoms with Crippen LogP contribution >= 0.6 is 0 Å². The van der Waals surface area contributed by atoms with Crippen LogP contribution in [0.3, 0.4) is 0 Å². The van der Waals surface area contributed by atoms with E-state index in [1.54, 1.807) is 0 Å². The van der Waals surface area contributed by atoms with E-state index < -0.39 is 0 Å². The Morgan fingerprint density at radius 1 is 1.40 bits per heavy atom. The monoisotopic (exact) mass is 138 g/mol. The van der Waals surface area contributed by atoms with E-state index in [0.29, 0.717) is 5.92 Å². The van der Waals surface area contributed by atoms with E-state index in [1.165, 1.54) is 0 Å². The lowest BCUT2D eigenvalue weighted by Gasteiger charge is -2.29. The van der Waals surface area contributed by atoms with Crippen LogP contribution in [-0.2, 0) is 0 Å². The summed E-state index contributed by atoms with van der Waals surface area (Å²) in [5, 5.41) is 9.25. The summed E-state index contributed by atoms with van der Waals surface area (Å²) in [7, 11) is 5.87. The van der Waals surface area contributed by atoms with E-state index in [1.807, 2.05) is 13.8 Å². The predicted octanol–water partition coefficient (Wildman–Crippen LogP) is 1.51. The Balaban J connectivity index is 2.55. The van der Waals surface area contributed by atoms with Gasteiger partial charge in [-0.1, -0.05) is 25.6 Å². The Bertz CT molecular complexity index is 117. The molecule has 10 heavy (non-hydrogen) atoms. The van der Waals surface area contributed by atoms with E-state index in [9.17, 15) is 5.11 Å². The molecular weight excluding hydrogens is 123 g/mol. The van der Waals surface area contributed by atoms with Crippen molar-refractivity contribution >= 4 is 7.85 Å². The van der Waals surface area contributed by atoms with Crippen LogP contribution in [0.5, 0.6) is 0 Å². The second kappa shape index (κ2) is 2.57. The second-order valence-corrected chi connectivity index (χ2v) is 3.93. The summed E-state index contributed by atoms with van der Waals surface area (Å²) >= 11 is 0. The largest absolute Gasteiger partial charge is 0.393 e. The molecule has 0 saturated heterocycles. The molecule has 1 saturated carbocycles. The van der Waals surface area contributed by atoms with Crippen LogP contribution in [0.4, 0.5) is 0 Å². The van der Waals surface area contributed by atoms with Crippen molar-refractivity contribution in [1.29, 1.82) is 0 Å². The fourth-order valence-corrected chi connectivity index (χ4v) is 1.81. The normalized spacial score (nSPS) is 34.7. The molecule has 2 radical (unpaired) electrons. The number of hydrogen-bond donors (Lipinski definition) is 1. The van der Waals surface area contributed by atoms with E-state index in [4.69, 9.17) is 7.85 Å². The van der Waals surface area contributed by atoms with Gasteiger partial charge >= 0.3 is 0 Å². The Morgan fingerprint density at radius 3 is 2.20 bits per heavy atom. The van der Waals surface area contributed by atoms with Gasteiger partial charge in [0.15, 0.2) is 0 Å². The number of rotatable bonds is 1. The summed E-state index contributed by atoms with van der Waals surface area (Å²) in [6.07, 6.45) is 3.00. The minimum atomic E-state index is -0.198. The zero-order valence-electron chi connectivity index (χ0n) is 6.80. The average Bonchev–Trinajstić information content (AvgIpc) is 2.11. The van der Waals surface area contributed by atoms with Crippen molar-refractivity contribution in [3.63, 3.8) is 0 Å². The molecule has 2 heteroatoms. The van der Waals surface area contributed by atoms with E-state index in [2.05, 4.69) is 0 Å². The molecule has 0 bridgehead atoms. The van der Waals surface area contributed by atoms with Crippen molar-refractivity contribution in [2.45, 2.75) is 44.5 Å². The third-order valence-electron chi connectivity index (χ3n) is 2.44.